The van der Waals surface area contributed by atoms with Crippen LogP contribution in [-0.2, 0) is 0 Å². The summed E-state index contributed by atoms with van der Waals surface area (Å²) in [6, 6.07) is 9.58. The van der Waals surface area contributed by atoms with Crippen LogP contribution in [0.3, 0.4) is 0 Å². The van der Waals surface area contributed by atoms with E-state index in [0.717, 1.165) is 0 Å². The molecule has 0 aliphatic carbocycles. The third-order valence-corrected chi connectivity index (χ3v) is 3.56. The number of nitriles is 2. The molecular formula is C17H17FN8O. The number of rotatable bonds is 8. The molecule has 0 saturated carbocycles. The van der Waals surface area contributed by atoms with E-state index in [1.54, 1.807) is 4.90 Å². The monoisotopic (exact) mass is 368 g/mol. The van der Waals surface area contributed by atoms with Crippen LogP contribution < -0.4 is 21.5 Å². The Bertz CT molecular complexity index is 871. The fraction of sp³-hybridized carbons (Fsp3) is 0.235. The van der Waals surface area contributed by atoms with Gasteiger partial charge >= 0.3 is 0 Å². The minimum atomic E-state index is -0.696. The number of anilines is 3. The van der Waals surface area contributed by atoms with Gasteiger partial charge in [-0.2, -0.15) is 10.5 Å². The lowest BCUT2D eigenvalue weighted by atomic mass is 10.2. The molecule has 0 aliphatic rings. The number of nitrogen functional groups attached to an aromatic ring is 1. The molecular weight excluding hydrogens is 351 g/mol. The van der Waals surface area contributed by atoms with Crippen molar-refractivity contribution < 1.29 is 9.18 Å². The fourth-order valence-corrected chi connectivity index (χ4v) is 2.26. The van der Waals surface area contributed by atoms with Crippen molar-refractivity contribution in [1.82, 2.24) is 15.4 Å². The normalized spacial score (nSPS) is 9.74. The van der Waals surface area contributed by atoms with Gasteiger partial charge in [0, 0.05) is 13.1 Å². The zero-order valence-electron chi connectivity index (χ0n) is 14.3. The van der Waals surface area contributed by atoms with Gasteiger partial charge in [0.25, 0.3) is 5.91 Å². The summed E-state index contributed by atoms with van der Waals surface area (Å²) in [4.78, 5) is 21.8. The van der Waals surface area contributed by atoms with Crippen LogP contribution in [0.5, 0.6) is 0 Å². The highest BCUT2D eigenvalue weighted by atomic mass is 19.1. The second kappa shape index (κ2) is 9.53. The molecule has 4 N–H and O–H groups in total. The van der Waals surface area contributed by atoms with Crippen molar-refractivity contribution in [1.29, 1.82) is 10.5 Å². The summed E-state index contributed by atoms with van der Waals surface area (Å²) in [5, 5.41) is 17.6. The van der Waals surface area contributed by atoms with Crippen molar-refractivity contribution in [3.63, 3.8) is 0 Å². The molecule has 1 aromatic heterocycles. The minimum absolute atomic E-state index is 0.114. The summed E-state index contributed by atoms with van der Waals surface area (Å²) in [5.41, 5.74) is 10.9. The highest BCUT2D eigenvalue weighted by Gasteiger charge is 2.16. The van der Waals surface area contributed by atoms with Crippen LogP contribution in [0.15, 0.2) is 30.6 Å². The van der Waals surface area contributed by atoms with Crippen molar-refractivity contribution in [2.75, 3.05) is 29.1 Å². The number of nitrogens with one attached hydrogen (secondary N) is 2. The summed E-state index contributed by atoms with van der Waals surface area (Å²) >= 11 is 0. The molecule has 0 saturated heterocycles. The van der Waals surface area contributed by atoms with Crippen LogP contribution >= 0.6 is 0 Å². The molecule has 0 spiro atoms. The van der Waals surface area contributed by atoms with Crippen LogP contribution in [0.1, 0.15) is 23.2 Å². The molecule has 0 bridgehead atoms. The Hall–Kier alpha value is -3.92. The molecule has 138 valence electrons. The lowest BCUT2D eigenvalue weighted by molar-refractivity contribution is 0.0958. The first-order chi connectivity index (χ1) is 13.1. The molecule has 0 fully saturated rings. The number of carbonyl (C=O) groups excluding carboxylic acids is 1. The predicted octanol–water partition coefficient (Wildman–Crippen LogP) is 1.59. The smallest absolute Gasteiger partial charge is 0.272 e. The van der Waals surface area contributed by atoms with Crippen LogP contribution in [0.4, 0.5) is 21.7 Å². The van der Waals surface area contributed by atoms with Gasteiger partial charge in [0.05, 0.1) is 30.5 Å². The largest absolute Gasteiger partial charge is 0.393 e. The summed E-state index contributed by atoms with van der Waals surface area (Å²) in [5.74, 6) is -0.910. The third-order valence-electron chi connectivity index (χ3n) is 3.56. The Morgan fingerprint density at radius 2 is 1.85 bits per heavy atom. The number of nitrogens with zero attached hydrogens (tertiary/aromatic N) is 5. The molecule has 1 heterocycles. The highest BCUT2D eigenvalue weighted by molar-refractivity contribution is 5.95. The minimum Gasteiger partial charge on any atom is -0.393 e. The Kier molecular flexibility index (Phi) is 6.85. The number of halogens is 1. The van der Waals surface area contributed by atoms with Crippen LogP contribution in [0.25, 0.3) is 0 Å². The van der Waals surface area contributed by atoms with E-state index in [-0.39, 0.29) is 29.9 Å². The van der Waals surface area contributed by atoms with Crippen LogP contribution in [0, 0.1) is 28.5 Å². The number of carbonyl (C=O) groups is 1. The summed E-state index contributed by atoms with van der Waals surface area (Å²) in [6.07, 6.45) is 1.68. The molecule has 0 atom stereocenters. The maximum atomic E-state index is 13.7. The fourth-order valence-electron chi connectivity index (χ4n) is 2.26. The molecule has 2 rings (SSSR count). The first kappa shape index (κ1) is 19.4. The predicted molar refractivity (Wildman–Crippen MR) is 96.6 cm³/mol. The maximum absolute atomic E-state index is 13.7. The third kappa shape index (κ3) is 5.03. The van der Waals surface area contributed by atoms with Crippen molar-refractivity contribution in [3.8, 4) is 12.1 Å². The second-order valence-electron chi connectivity index (χ2n) is 5.32. The Morgan fingerprint density at radius 1 is 1.19 bits per heavy atom. The summed E-state index contributed by atoms with van der Waals surface area (Å²) in [6.45, 7) is 0.667. The molecule has 10 heteroatoms. The van der Waals surface area contributed by atoms with Crippen molar-refractivity contribution in [2.24, 2.45) is 0 Å². The molecule has 0 aliphatic heterocycles. The number of hydrogen-bond donors (Lipinski definition) is 3. The van der Waals surface area contributed by atoms with Crippen LogP contribution in [-0.4, -0.2) is 29.0 Å². The lowest BCUT2D eigenvalue weighted by Crippen LogP contribution is -2.32. The molecule has 2 aromatic rings. The summed E-state index contributed by atoms with van der Waals surface area (Å²) in [7, 11) is 0. The van der Waals surface area contributed by atoms with Gasteiger partial charge in [-0.15, -0.1) is 0 Å². The van der Waals surface area contributed by atoms with Crippen molar-refractivity contribution >= 4 is 23.2 Å². The molecule has 1 aromatic carbocycles. The number of benzene rings is 1. The average molecular weight is 368 g/mol. The van der Waals surface area contributed by atoms with E-state index in [9.17, 15) is 9.18 Å². The highest BCUT2D eigenvalue weighted by Crippen LogP contribution is 2.26. The van der Waals surface area contributed by atoms with Gasteiger partial charge in [-0.1, -0.05) is 12.1 Å². The van der Waals surface area contributed by atoms with Gasteiger partial charge in [0.2, 0.25) is 0 Å². The Morgan fingerprint density at radius 3 is 2.48 bits per heavy atom. The quantitative estimate of drug-likeness (QED) is 0.596. The van der Waals surface area contributed by atoms with Crippen molar-refractivity contribution in [3.05, 3.63) is 42.0 Å². The number of aromatic nitrogens is 2. The molecule has 1 amide bonds. The van der Waals surface area contributed by atoms with E-state index in [1.165, 1.54) is 30.6 Å². The molecule has 0 unspecified atom stereocenters. The van der Waals surface area contributed by atoms with E-state index >= 15 is 0 Å². The SMILES string of the molecule is N#CCCN(CCC#N)c1ncnc(NNC(=O)c2ccccc2F)c1N. The van der Waals surface area contributed by atoms with E-state index in [4.69, 9.17) is 16.3 Å². The Balaban J connectivity index is 2.15. The number of hydrazine groups is 1. The van der Waals surface area contributed by atoms with E-state index in [0.29, 0.717) is 18.9 Å². The standard InChI is InChI=1S/C17H17FN8O/c18-13-6-2-1-5-12(13)17(27)25-24-15-14(21)16(23-11-22-15)26(9-3-7-19)10-4-8-20/h1-2,5-6,11H,3-4,9-10,21H2,(H,25,27)(H,22,23,24). The van der Waals surface area contributed by atoms with Gasteiger partial charge in [-0.05, 0) is 12.1 Å². The van der Waals surface area contributed by atoms with Gasteiger partial charge in [0.1, 0.15) is 17.8 Å². The Labute approximate surface area is 155 Å². The topological polar surface area (TPSA) is 144 Å². The zero-order valence-corrected chi connectivity index (χ0v) is 14.3. The molecule has 27 heavy (non-hydrogen) atoms. The van der Waals surface area contributed by atoms with Gasteiger partial charge in [-0.25, -0.2) is 14.4 Å². The van der Waals surface area contributed by atoms with Gasteiger partial charge in [-0.3, -0.25) is 15.6 Å². The lowest BCUT2D eigenvalue weighted by Gasteiger charge is -2.23. The van der Waals surface area contributed by atoms with E-state index < -0.39 is 11.7 Å². The maximum Gasteiger partial charge on any atom is 0.272 e. The first-order valence-electron chi connectivity index (χ1n) is 7.98. The second-order valence-corrected chi connectivity index (χ2v) is 5.32. The zero-order chi connectivity index (χ0) is 19.6. The number of nitrogens with two attached hydrogens (primary N) is 1. The number of amides is 1. The van der Waals surface area contributed by atoms with E-state index in [1.807, 2.05) is 12.1 Å². The number of hydrogen-bond acceptors (Lipinski definition) is 8. The van der Waals surface area contributed by atoms with Crippen molar-refractivity contribution in [2.45, 2.75) is 12.8 Å². The molecule has 0 radical (unpaired) electrons. The van der Waals surface area contributed by atoms with Gasteiger partial charge in [0.15, 0.2) is 11.6 Å². The molecule has 9 nitrogen and oxygen atoms in total. The first-order valence-corrected chi connectivity index (χ1v) is 7.98. The average Bonchev–Trinajstić information content (AvgIpc) is 2.68. The van der Waals surface area contributed by atoms with E-state index in [2.05, 4.69) is 20.8 Å². The van der Waals surface area contributed by atoms with Crippen LogP contribution in [0.2, 0.25) is 0 Å². The van der Waals surface area contributed by atoms with Gasteiger partial charge < -0.3 is 10.6 Å². The summed E-state index contributed by atoms with van der Waals surface area (Å²) < 4.78 is 13.7.